The molecule has 3 rings (SSSR count). The van der Waals surface area contributed by atoms with E-state index in [-0.39, 0.29) is 23.2 Å². The lowest BCUT2D eigenvalue weighted by molar-refractivity contribution is -0.119. The number of rotatable bonds is 9. The van der Waals surface area contributed by atoms with E-state index in [0.29, 0.717) is 5.75 Å². The summed E-state index contributed by atoms with van der Waals surface area (Å²) < 4.78 is 47.6. The molecule has 1 N–H and O–H groups in total. The van der Waals surface area contributed by atoms with Crippen molar-refractivity contribution in [2.24, 2.45) is 0 Å². The van der Waals surface area contributed by atoms with E-state index in [0.717, 1.165) is 21.5 Å². The summed E-state index contributed by atoms with van der Waals surface area (Å²) >= 11 is 0. The summed E-state index contributed by atoms with van der Waals surface area (Å²) in [6.45, 7) is 5.27. The van der Waals surface area contributed by atoms with Crippen molar-refractivity contribution < 1.29 is 22.3 Å². The van der Waals surface area contributed by atoms with Gasteiger partial charge in [0.2, 0.25) is 5.91 Å². The Kier molecular flexibility index (Phi) is 7.71. The molecule has 0 saturated carbocycles. The number of para-hydroxylation sites is 1. The molecule has 0 atom stereocenters. The molecule has 0 spiro atoms. The molecule has 0 aliphatic rings. The van der Waals surface area contributed by atoms with Crippen molar-refractivity contribution in [3.05, 3.63) is 89.7 Å². The Morgan fingerprint density at radius 1 is 1.03 bits per heavy atom. The molecule has 0 bridgehead atoms. The zero-order chi connectivity index (χ0) is 24.0. The third-order valence-corrected chi connectivity index (χ3v) is 6.55. The van der Waals surface area contributed by atoms with E-state index < -0.39 is 28.3 Å². The van der Waals surface area contributed by atoms with Gasteiger partial charge in [0.05, 0.1) is 16.7 Å². The first-order valence-corrected chi connectivity index (χ1v) is 12.0. The predicted octanol–water partition coefficient (Wildman–Crippen LogP) is 4.43. The average molecular weight is 471 g/mol. The maximum absolute atomic E-state index is 14.5. The molecule has 0 aromatic heterocycles. The number of anilines is 1. The predicted molar refractivity (Wildman–Crippen MR) is 126 cm³/mol. The van der Waals surface area contributed by atoms with Crippen LogP contribution in [0.5, 0.6) is 5.75 Å². The fourth-order valence-corrected chi connectivity index (χ4v) is 4.61. The number of carbonyl (C=O) groups excluding carboxylic acids is 1. The Bertz CT molecular complexity index is 1210. The molecular weight excluding hydrogens is 443 g/mol. The Balaban J connectivity index is 1.81. The minimum atomic E-state index is -4.18. The number of aryl methyl sites for hydroxylation is 1. The van der Waals surface area contributed by atoms with E-state index in [1.807, 2.05) is 39.0 Å². The Hall–Kier alpha value is -3.39. The topological polar surface area (TPSA) is 75.7 Å². The van der Waals surface area contributed by atoms with Crippen molar-refractivity contribution in [1.82, 2.24) is 5.32 Å². The standard InChI is InChI=1S/C25H27FN2O4S/c1-18(2)32-21-8-6-7-20(15-21)16-27-25(29)17-28(24-10-5-4-9-23(24)26)33(30,31)22-13-11-19(3)12-14-22/h4-15,18H,16-17H2,1-3H3,(H,27,29). The first-order valence-electron chi connectivity index (χ1n) is 10.5. The largest absolute Gasteiger partial charge is 0.491 e. The number of sulfonamides is 1. The van der Waals surface area contributed by atoms with Crippen molar-refractivity contribution in [2.45, 2.75) is 38.3 Å². The smallest absolute Gasteiger partial charge is 0.264 e. The number of carbonyl (C=O) groups is 1. The number of nitrogens with one attached hydrogen (secondary N) is 1. The fraction of sp³-hybridized carbons (Fsp3) is 0.240. The van der Waals surface area contributed by atoms with Crippen LogP contribution >= 0.6 is 0 Å². The third kappa shape index (κ3) is 6.32. The van der Waals surface area contributed by atoms with Crippen molar-refractivity contribution in [3.8, 4) is 5.75 Å². The quantitative estimate of drug-likeness (QED) is 0.502. The van der Waals surface area contributed by atoms with Crippen molar-refractivity contribution >= 4 is 21.6 Å². The van der Waals surface area contributed by atoms with E-state index >= 15 is 0 Å². The molecule has 0 heterocycles. The summed E-state index contributed by atoms with van der Waals surface area (Å²) in [6, 6.07) is 18.9. The van der Waals surface area contributed by atoms with Gasteiger partial charge in [0.25, 0.3) is 10.0 Å². The maximum Gasteiger partial charge on any atom is 0.264 e. The molecule has 3 aromatic carbocycles. The van der Waals surface area contributed by atoms with Gasteiger partial charge in [0.15, 0.2) is 0 Å². The highest BCUT2D eigenvalue weighted by Gasteiger charge is 2.29. The minimum Gasteiger partial charge on any atom is -0.491 e. The first-order chi connectivity index (χ1) is 15.7. The molecule has 0 unspecified atom stereocenters. The maximum atomic E-state index is 14.5. The van der Waals surface area contributed by atoms with Gasteiger partial charge in [-0.05, 0) is 62.7 Å². The molecule has 8 heteroatoms. The molecule has 0 fully saturated rings. The van der Waals surface area contributed by atoms with E-state index in [2.05, 4.69) is 5.32 Å². The number of benzene rings is 3. The van der Waals surface area contributed by atoms with Crippen LogP contribution in [-0.4, -0.2) is 27.0 Å². The number of ether oxygens (including phenoxy) is 1. The highest BCUT2D eigenvalue weighted by Crippen LogP contribution is 2.26. The number of halogens is 1. The van der Waals surface area contributed by atoms with Crippen LogP contribution in [-0.2, 0) is 21.4 Å². The second-order valence-corrected chi connectivity index (χ2v) is 9.73. The molecule has 1 amide bonds. The first kappa shape index (κ1) is 24.3. The second-order valence-electron chi connectivity index (χ2n) is 7.87. The molecule has 0 aliphatic heterocycles. The van der Waals surface area contributed by atoms with Crippen LogP contribution in [0.1, 0.15) is 25.0 Å². The Morgan fingerprint density at radius 2 is 1.73 bits per heavy atom. The van der Waals surface area contributed by atoms with Gasteiger partial charge in [-0.25, -0.2) is 12.8 Å². The fourth-order valence-electron chi connectivity index (χ4n) is 3.18. The lowest BCUT2D eigenvalue weighted by atomic mass is 10.2. The van der Waals surface area contributed by atoms with Crippen molar-refractivity contribution in [3.63, 3.8) is 0 Å². The molecule has 6 nitrogen and oxygen atoms in total. The van der Waals surface area contributed by atoms with Gasteiger partial charge in [-0.15, -0.1) is 0 Å². The van der Waals surface area contributed by atoms with Gasteiger partial charge in [-0.3, -0.25) is 9.10 Å². The molecule has 0 aliphatic carbocycles. The van der Waals surface area contributed by atoms with E-state index in [4.69, 9.17) is 4.74 Å². The number of hydrogen-bond donors (Lipinski definition) is 1. The summed E-state index contributed by atoms with van der Waals surface area (Å²) in [6.07, 6.45) is 0.0103. The second kappa shape index (κ2) is 10.5. The van der Waals surface area contributed by atoms with Crippen LogP contribution < -0.4 is 14.4 Å². The Labute approximate surface area is 194 Å². The van der Waals surface area contributed by atoms with Crippen LogP contribution in [0.2, 0.25) is 0 Å². The van der Waals surface area contributed by atoms with E-state index in [1.54, 1.807) is 18.2 Å². The molecule has 174 valence electrons. The summed E-state index contributed by atoms with van der Waals surface area (Å²) in [7, 11) is -4.18. The van der Waals surface area contributed by atoms with Gasteiger partial charge in [-0.1, -0.05) is 42.0 Å². The minimum absolute atomic E-state index is 0.0103. The van der Waals surface area contributed by atoms with E-state index in [9.17, 15) is 17.6 Å². The monoisotopic (exact) mass is 470 g/mol. The van der Waals surface area contributed by atoms with Crippen molar-refractivity contribution in [1.29, 1.82) is 0 Å². The van der Waals surface area contributed by atoms with Gasteiger partial charge >= 0.3 is 0 Å². The summed E-state index contributed by atoms with van der Waals surface area (Å²) in [4.78, 5) is 12.7. The molecule has 3 aromatic rings. The summed E-state index contributed by atoms with van der Waals surface area (Å²) in [5, 5.41) is 2.71. The van der Waals surface area contributed by atoms with Gasteiger partial charge in [0, 0.05) is 6.54 Å². The van der Waals surface area contributed by atoms with E-state index in [1.165, 1.54) is 30.3 Å². The SMILES string of the molecule is Cc1ccc(S(=O)(=O)N(CC(=O)NCc2cccc(OC(C)C)c2)c2ccccc2F)cc1. The third-order valence-electron chi connectivity index (χ3n) is 4.78. The van der Waals surface area contributed by atoms with Gasteiger partial charge < -0.3 is 10.1 Å². The van der Waals surface area contributed by atoms with Gasteiger partial charge in [-0.2, -0.15) is 0 Å². The van der Waals surface area contributed by atoms with Crippen LogP contribution in [0.25, 0.3) is 0 Å². The van der Waals surface area contributed by atoms with Crippen LogP contribution in [0.4, 0.5) is 10.1 Å². The highest BCUT2D eigenvalue weighted by molar-refractivity contribution is 7.92. The molecular formula is C25H27FN2O4S. The normalized spacial score (nSPS) is 11.3. The summed E-state index contributed by atoms with van der Waals surface area (Å²) in [5.74, 6) is -0.629. The number of amides is 1. The van der Waals surface area contributed by atoms with Crippen LogP contribution in [0.3, 0.4) is 0 Å². The molecule has 33 heavy (non-hydrogen) atoms. The Morgan fingerprint density at radius 3 is 2.39 bits per heavy atom. The average Bonchev–Trinajstić information content (AvgIpc) is 2.77. The highest BCUT2D eigenvalue weighted by atomic mass is 32.2. The number of nitrogens with zero attached hydrogens (tertiary/aromatic N) is 1. The molecule has 0 saturated heterocycles. The van der Waals surface area contributed by atoms with Gasteiger partial charge in [0.1, 0.15) is 18.1 Å². The van der Waals surface area contributed by atoms with Crippen molar-refractivity contribution in [2.75, 3.05) is 10.8 Å². The lowest BCUT2D eigenvalue weighted by Gasteiger charge is -2.24. The van der Waals surface area contributed by atoms with Crippen LogP contribution in [0, 0.1) is 12.7 Å². The van der Waals surface area contributed by atoms with Crippen LogP contribution in [0.15, 0.2) is 77.7 Å². The summed E-state index contributed by atoms with van der Waals surface area (Å²) in [5.41, 5.74) is 1.48. The molecule has 0 radical (unpaired) electrons. The zero-order valence-corrected chi connectivity index (χ0v) is 19.6. The number of hydrogen-bond acceptors (Lipinski definition) is 4. The zero-order valence-electron chi connectivity index (χ0n) is 18.8. The lowest BCUT2D eigenvalue weighted by Crippen LogP contribution is -2.41.